The van der Waals surface area contributed by atoms with E-state index in [-0.39, 0.29) is 18.6 Å². The van der Waals surface area contributed by atoms with Crippen LogP contribution < -0.4 is 10.1 Å². The van der Waals surface area contributed by atoms with Crippen molar-refractivity contribution in [3.63, 3.8) is 0 Å². The number of methoxy groups -OCH3 is 1. The zero-order valence-electron chi connectivity index (χ0n) is 17.4. The number of nitrogens with two attached hydrogens (primary N) is 1. The number of carbonyl (C=O) groups is 1. The van der Waals surface area contributed by atoms with Crippen LogP contribution in [0.5, 0.6) is 5.75 Å². The van der Waals surface area contributed by atoms with Gasteiger partial charge in [0, 0.05) is 18.3 Å². The van der Waals surface area contributed by atoms with Crippen LogP contribution in [-0.4, -0.2) is 52.9 Å². The number of aliphatic hydroxyl groups excluding tert-OH is 1. The summed E-state index contributed by atoms with van der Waals surface area (Å²) in [5, 5.41) is 12.4. The van der Waals surface area contributed by atoms with Crippen LogP contribution in [0.2, 0.25) is 0 Å². The first-order chi connectivity index (χ1) is 13.8. The van der Waals surface area contributed by atoms with Crippen molar-refractivity contribution in [2.45, 2.75) is 38.5 Å². The molecule has 2 aromatic rings. The van der Waals surface area contributed by atoms with Crippen molar-refractivity contribution in [3.8, 4) is 5.75 Å². The van der Waals surface area contributed by atoms with Gasteiger partial charge in [0.25, 0.3) is 0 Å². The predicted octanol–water partition coefficient (Wildman–Crippen LogP) is 1.97. The van der Waals surface area contributed by atoms with Crippen LogP contribution in [0.1, 0.15) is 31.2 Å². The van der Waals surface area contributed by atoms with Crippen molar-refractivity contribution in [1.29, 1.82) is 0 Å². The number of benzene rings is 1. The highest BCUT2D eigenvalue weighted by Gasteiger charge is 2.54. The fourth-order valence-corrected chi connectivity index (χ4v) is 4.59. The van der Waals surface area contributed by atoms with Crippen LogP contribution in [-0.2, 0) is 16.8 Å². The Morgan fingerprint density at radius 1 is 1.34 bits per heavy atom. The molecule has 1 amide bonds. The normalized spacial score (nSPS) is 22.0. The fourth-order valence-electron chi connectivity index (χ4n) is 3.75. The van der Waals surface area contributed by atoms with Gasteiger partial charge in [0.2, 0.25) is 0 Å². The predicted molar refractivity (Wildman–Crippen MR) is 111 cm³/mol. The van der Waals surface area contributed by atoms with E-state index in [0.29, 0.717) is 19.6 Å². The molecule has 7 nitrogen and oxygen atoms in total. The molecule has 0 radical (unpaired) electrons. The van der Waals surface area contributed by atoms with Gasteiger partial charge in [0.05, 0.1) is 31.1 Å². The standard InChI is InChI=1S/C21H29N3O4S/c1-20(2,3)28-19(26)24-12-16(13-25)21(14-24,18-9-10-23-29-18)22-11-15-5-7-17(27-4)8-6-15/h5-10,16,22,25H,11-14H2,1-4H3/p+1. The first kappa shape index (κ1) is 21.5. The second-order valence-electron chi connectivity index (χ2n) is 8.41. The number of hydrogen-bond donors (Lipinski definition) is 2. The van der Waals surface area contributed by atoms with E-state index in [0.717, 1.165) is 16.2 Å². The molecule has 1 aliphatic rings. The molecule has 2 unspecified atom stereocenters. The minimum atomic E-state index is -0.561. The van der Waals surface area contributed by atoms with Crippen molar-refractivity contribution in [1.82, 2.24) is 9.27 Å². The molecular formula is C21H30N3O4S+. The topological polar surface area (TPSA) is 88.5 Å². The van der Waals surface area contributed by atoms with Crippen LogP contribution in [0.3, 0.4) is 0 Å². The van der Waals surface area contributed by atoms with Crippen LogP contribution in [0.4, 0.5) is 4.79 Å². The quantitative estimate of drug-likeness (QED) is 0.746. The second-order valence-corrected chi connectivity index (χ2v) is 9.25. The molecule has 1 aliphatic heterocycles. The maximum absolute atomic E-state index is 12.7. The Labute approximate surface area is 175 Å². The van der Waals surface area contributed by atoms with Gasteiger partial charge in [-0.15, -0.1) is 0 Å². The van der Waals surface area contributed by atoms with Gasteiger partial charge in [0.15, 0.2) is 5.54 Å². The lowest BCUT2D eigenvalue weighted by Crippen LogP contribution is -2.96. The Hall–Kier alpha value is -2.16. The largest absolute Gasteiger partial charge is 0.497 e. The van der Waals surface area contributed by atoms with Crippen molar-refractivity contribution in [3.05, 3.63) is 47.0 Å². The summed E-state index contributed by atoms with van der Waals surface area (Å²) in [4.78, 5) is 15.5. The molecule has 2 atom stereocenters. The maximum Gasteiger partial charge on any atom is 0.410 e. The molecule has 0 spiro atoms. The summed E-state index contributed by atoms with van der Waals surface area (Å²) in [5.74, 6) is 0.699. The maximum atomic E-state index is 12.7. The molecule has 3 N–H and O–H groups in total. The fraction of sp³-hybridized carbons (Fsp3) is 0.524. The number of amides is 1. The first-order valence-electron chi connectivity index (χ1n) is 9.74. The molecule has 3 rings (SSSR count). The number of rotatable bonds is 6. The zero-order chi connectivity index (χ0) is 21.1. The van der Waals surface area contributed by atoms with Crippen molar-refractivity contribution in [2.75, 3.05) is 26.8 Å². The molecule has 1 fully saturated rings. The third kappa shape index (κ3) is 4.88. The second kappa shape index (κ2) is 8.69. The number of likely N-dealkylation sites (tertiary alicyclic amines) is 1. The molecule has 8 heteroatoms. The highest BCUT2D eigenvalue weighted by molar-refractivity contribution is 7.05. The third-order valence-corrected chi connectivity index (χ3v) is 6.19. The SMILES string of the molecule is COc1ccc(C[NH2+]C2(c3ccns3)CN(C(=O)OC(C)(C)C)CC2CO)cc1. The Morgan fingerprint density at radius 2 is 2.07 bits per heavy atom. The molecule has 1 aromatic heterocycles. The Morgan fingerprint density at radius 3 is 2.62 bits per heavy atom. The highest BCUT2D eigenvalue weighted by Crippen LogP contribution is 2.36. The number of aliphatic hydroxyl groups is 1. The average molecular weight is 421 g/mol. The van der Waals surface area contributed by atoms with Gasteiger partial charge in [0.1, 0.15) is 17.9 Å². The minimum Gasteiger partial charge on any atom is -0.497 e. The molecule has 0 aliphatic carbocycles. The highest BCUT2D eigenvalue weighted by atomic mass is 32.1. The summed E-state index contributed by atoms with van der Waals surface area (Å²) < 4.78 is 15.1. The van der Waals surface area contributed by atoms with Gasteiger partial charge in [-0.25, -0.2) is 9.17 Å². The summed E-state index contributed by atoms with van der Waals surface area (Å²) in [7, 11) is 1.65. The van der Waals surface area contributed by atoms with Gasteiger partial charge in [-0.1, -0.05) is 0 Å². The van der Waals surface area contributed by atoms with E-state index in [1.165, 1.54) is 11.5 Å². The molecule has 0 bridgehead atoms. The van der Waals surface area contributed by atoms with Crippen LogP contribution in [0.25, 0.3) is 0 Å². The van der Waals surface area contributed by atoms with E-state index in [9.17, 15) is 9.90 Å². The van der Waals surface area contributed by atoms with Gasteiger partial charge < -0.3 is 24.8 Å². The molecule has 1 aromatic carbocycles. The lowest BCUT2D eigenvalue weighted by atomic mass is 9.85. The average Bonchev–Trinajstić information content (AvgIpc) is 3.34. The van der Waals surface area contributed by atoms with E-state index >= 15 is 0 Å². The van der Waals surface area contributed by atoms with Gasteiger partial charge >= 0.3 is 6.09 Å². The smallest absolute Gasteiger partial charge is 0.410 e. The van der Waals surface area contributed by atoms with Gasteiger partial charge in [-0.05, 0) is 62.6 Å². The summed E-state index contributed by atoms with van der Waals surface area (Å²) >= 11 is 1.42. The Balaban J connectivity index is 1.84. The van der Waals surface area contributed by atoms with E-state index in [4.69, 9.17) is 9.47 Å². The van der Waals surface area contributed by atoms with Crippen LogP contribution in [0.15, 0.2) is 36.5 Å². The first-order valence-corrected chi connectivity index (χ1v) is 10.5. The third-order valence-electron chi connectivity index (χ3n) is 5.25. The Kier molecular flexibility index (Phi) is 6.45. The monoisotopic (exact) mass is 420 g/mol. The van der Waals surface area contributed by atoms with Crippen molar-refractivity contribution in [2.24, 2.45) is 5.92 Å². The number of ether oxygens (including phenoxy) is 2. The molecule has 0 saturated carbocycles. The van der Waals surface area contributed by atoms with Crippen LogP contribution >= 0.6 is 11.5 Å². The molecule has 29 heavy (non-hydrogen) atoms. The van der Waals surface area contributed by atoms with E-state index in [1.807, 2.05) is 51.1 Å². The summed E-state index contributed by atoms with van der Waals surface area (Å²) in [6, 6.07) is 9.92. The van der Waals surface area contributed by atoms with Gasteiger partial charge in [-0.2, -0.15) is 0 Å². The Bertz CT molecular complexity index is 804. The molecular weight excluding hydrogens is 390 g/mol. The number of quaternary nitrogens is 1. The number of nitrogens with zero attached hydrogens (tertiary/aromatic N) is 2. The molecule has 2 heterocycles. The number of hydrogen-bond acceptors (Lipinski definition) is 6. The number of aromatic nitrogens is 1. The number of carbonyl (C=O) groups excluding carboxylic acids is 1. The van der Waals surface area contributed by atoms with E-state index in [2.05, 4.69) is 9.69 Å². The lowest BCUT2D eigenvalue weighted by molar-refractivity contribution is -0.753. The molecule has 1 saturated heterocycles. The summed E-state index contributed by atoms with van der Waals surface area (Å²) in [6.45, 7) is 7.18. The van der Waals surface area contributed by atoms with Crippen molar-refractivity contribution >= 4 is 17.6 Å². The zero-order valence-corrected chi connectivity index (χ0v) is 18.2. The van der Waals surface area contributed by atoms with Gasteiger partial charge in [-0.3, -0.25) is 0 Å². The van der Waals surface area contributed by atoms with E-state index < -0.39 is 11.1 Å². The van der Waals surface area contributed by atoms with Crippen LogP contribution in [0, 0.1) is 5.92 Å². The summed E-state index contributed by atoms with van der Waals surface area (Å²) in [6.07, 6.45) is 1.42. The van der Waals surface area contributed by atoms with E-state index in [1.54, 1.807) is 18.2 Å². The summed E-state index contributed by atoms with van der Waals surface area (Å²) in [5.41, 5.74) is 0.114. The van der Waals surface area contributed by atoms with Crippen molar-refractivity contribution < 1.29 is 24.7 Å². The minimum absolute atomic E-state index is 0.0175. The lowest BCUT2D eigenvalue weighted by Gasteiger charge is -2.30. The molecule has 158 valence electrons.